The van der Waals surface area contributed by atoms with Crippen LogP contribution in [0.4, 0.5) is 0 Å². The lowest BCUT2D eigenvalue weighted by Gasteiger charge is -2.26. The Kier molecular flexibility index (Phi) is 12.0. The van der Waals surface area contributed by atoms with Crippen molar-refractivity contribution in [2.24, 2.45) is 5.73 Å². The maximum Gasteiger partial charge on any atom is 0.239 e. The Labute approximate surface area is 155 Å². The number of morpholine rings is 1. The number of hydrogen-bond acceptors (Lipinski definition) is 5. The molecule has 1 aromatic carbocycles. The first kappa shape index (κ1) is 23.1. The number of carbonyl (C=O) groups excluding carboxylic acids is 1. The number of benzene rings is 1. The zero-order valence-electron chi connectivity index (χ0n) is 13.9. The van der Waals surface area contributed by atoms with Crippen LogP contribution in [0.5, 0.6) is 0 Å². The van der Waals surface area contributed by atoms with Crippen LogP contribution in [0.1, 0.15) is 11.1 Å². The summed E-state index contributed by atoms with van der Waals surface area (Å²) < 4.78 is 10.2. The molecule has 1 fully saturated rings. The largest absolute Gasteiger partial charge is 0.383 e. The third-order valence-electron chi connectivity index (χ3n) is 3.65. The number of hydrogen-bond donors (Lipinski definition) is 2. The summed E-state index contributed by atoms with van der Waals surface area (Å²) in [6.45, 7) is 5.14. The summed E-state index contributed by atoms with van der Waals surface area (Å²) in [5, 5.41) is 2.84. The predicted octanol–water partition coefficient (Wildman–Crippen LogP) is 0.952. The van der Waals surface area contributed by atoms with Crippen molar-refractivity contribution in [3.63, 3.8) is 0 Å². The zero-order valence-corrected chi connectivity index (χ0v) is 15.5. The van der Waals surface area contributed by atoms with Gasteiger partial charge in [0.2, 0.25) is 5.91 Å². The van der Waals surface area contributed by atoms with Gasteiger partial charge in [-0.1, -0.05) is 24.3 Å². The highest BCUT2D eigenvalue weighted by molar-refractivity contribution is 5.85. The van der Waals surface area contributed by atoms with Gasteiger partial charge in [0.15, 0.2) is 0 Å². The molecule has 24 heavy (non-hydrogen) atoms. The second-order valence-electron chi connectivity index (χ2n) is 5.49. The molecule has 0 saturated carbocycles. The fourth-order valence-corrected chi connectivity index (χ4v) is 2.43. The number of carbonyl (C=O) groups is 1. The molecule has 0 aromatic heterocycles. The number of ether oxygens (including phenoxy) is 2. The summed E-state index contributed by atoms with van der Waals surface area (Å²) in [7, 11) is 1.53. The van der Waals surface area contributed by atoms with Crippen LogP contribution in [0.15, 0.2) is 24.3 Å². The van der Waals surface area contributed by atoms with Gasteiger partial charge in [-0.2, -0.15) is 0 Å². The zero-order chi connectivity index (χ0) is 15.8. The summed E-state index contributed by atoms with van der Waals surface area (Å²) in [6, 6.07) is 7.63. The fourth-order valence-electron chi connectivity index (χ4n) is 2.43. The van der Waals surface area contributed by atoms with E-state index in [0.717, 1.165) is 38.4 Å². The molecule has 1 atom stereocenters. The molecule has 2 rings (SSSR count). The molecular formula is C16H27Cl2N3O3. The van der Waals surface area contributed by atoms with Gasteiger partial charge in [-0.05, 0) is 11.1 Å². The average molecular weight is 380 g/mol. The van der Waals surface area contributed by atoms with Crippen LogP contribution in [-0.4, -0.2) is 56.9 Å². The molecule has 138 valence electrons. The van der Waals surface area contributed by atoms with Crippen LogP contribution in [-0.2, 0) is 27.4 Å². The van der Waals surface area contributed by atoms with E-state index in [1.807, 2.05) is 12.1 Å². The quantitative estimate of drug-likeness (QED) is 0.737. The van der Waals surface area contributed by atoms with E-state index in [1.54, 1.807) is 0 Å². The first-order valence-electron chi connectivity index (χ1n) is 7.59. The van der Waals surface area contributed by atoms with Crippen molar-refractivity contribution in [3.05, 3.63) is 35.4 Å². The van der Waals surface area contributed by atoms with E-state index in [1.165, 1.54) is 12.7 Å². The second-order valence-corrected chi connectivity index (χ2v) is 5.49. The Balaban J connectivity index is 0.00000264. The molecule has 1 saturated heterocycles. The number of methoxy groups -OCH3 is 1. The SMILES string of the molecule is COCC(N)C(=O)NCc1cccc(CN2CCOCC2)c1.Cl.Cl. The van der Waals surface area contributed by atoms with E-state index < -0.39 is 6.04 Å². The van der Waals surface area contributed by atoms with Crippen molar-refractivity contribution in [2.45, 2.75) is 19.1 Å². The third kappa shape index (κ3) is 7.79. The molecule has 1 heterocycles. The molecule has 0 spiro atoms. The maximum absolute atomic E-state index is 11.8. The van der Waals surface area contributed by atoms with Crippen molar-refractivity contribution >= 4 is 30.7 Å². The molecule has 1 aliphatic heterocycles. The van der Waals surface area contributed by atoms with E-state index in [9.17, 15) is 4.79 Å². The molecule has 1 aromatic rings. The van der Waals surface area contributed by atoms with Crippen LogP contribution in [0, 0.1) is 0 Å². The molecule has 0 radical (unpaired) electrons. The highest BCUT2D eigenvalue weighted by Crippen LogP contribution is 2.10. The predicted molar refractivity (Wildman–Crippen MR) is 98.7 cm³/mol. The van der Waals surface area contributed by atoms with Crippen LogP contribution >= 0.6 is 24.8 Å². The van der Waals surface area contributed by atoms with Gasteiger partial charge in [0.25, 0.3) is 0 Å². The molecule has 0 aliphatic carbocycles. The maximum atomic E-state index is 11.8. The topological polar surface area (TPSA) is 76.8 Å². The molecule has 0 bridgehead atoms. The smallest absolute Gasteiger partial charge is 0.239 e. The van der Waals surface area contributed by atoms with Crippen molar-refractivity contribution < 1.29 is 14.3 Å². The van der Waals surface area contributed by atoms with Crippen LogP contribution in [0.3, 0.4) is 0 Å². The number of nitrogens with two attached hydrogens (primary N) is 1. The molecular weight excluding hydrogens is 353 g/mol. The van der Waals surface area contributed by atoms with Crippen molar-refractivity contribution in [1.29, 1.82) is 0 Å². The van der Waals surface area contributed by atoms with Gasteiger partial charge in [-0.25, -0.2) is 0 Å². The minimum absolute atomic E-state index is 0. The number of nitrogens with one attached hydrogen (secondary N) is 1. The monoisotopic (exact) mass is 379 g/mol. The van der Waals surface area contributed by atoms with Gasteiger partial charge in [-0.15, -0.1) is 24.8 Å². The lowest BCUT2D eigenvalue weighted by atomic mass is 10.1. The Morgan fingerprint density at radius 1 is 1.33 bits per heavy atom. The molecule has 1 amide bonds. The van der Waals surface area contributed by atoms with Gasteiger partial charge < -0.3 is 20.5 Å². The van der Waals surface area contributed by atoms with Gasteiger partial charge in [0.1, 0.15) is 6.04 Å². The Morgan fingerprint density at radius 2 is 2.00 bits per heavy atom. The van der Waals surface area contributed by atoms with Gasteiger partial charge in [0, 0.05) is 33.3 Å². The third-order valence-corrected chi connectivity index (χ3v) is 3.65. The normalized spacial score (nSPS) is 15.8. The molecule has 8 heteroatoms. The lowest BCUT2D eigenvalue weighted by molar-refractivity contribution is -0.123. The van der Waals surface area contributed by atoms with E-state index in [0.29, 0.717) is 6.54 Å². The van der Waals surface area contributed by atoms with Crippen LogP contribution in [0.2, 0.25) is 0 Å². The Morgan fingerprint density at radius 3 is 2.67 bits per heavy atom. The number of rotatable bonds is 7. The van der Waals surface area contributed by atoms with Crippen LogP contribution in [0.25, 0.3) is 0 Å². The first-order chi connectivity index (χ1) is 10.7. The summed E-state index contributed by atoms with van der Waals surface area (Å²) in [4.78, 5) is 14.1. The molecule has 3 N–H and O–H groups in total. The van der Waals surface area contributed by atoms with Crippen molar-refractivity contribution in [2.75, 3.05) is 40.0 Å². The van der Waals surface area contributed by atoms with Crippen LogP contribution < -0.4 is 11.1 Å². The highest BCUT2D eigenvalue weighted by atomic mass is 35.5. The molecule has 6 nitrogen and oxygen atoms in total. The molecule has 1 aliphatic rings. The Bertz CT molecular complexity index is 485. The van der Waals surface area contributed by atoms with Gasteiger partial charge in [-0.3, -0.25) is 9.69 Å². The number of amides is 1. The highest BCUT2D eigenvalue weighted by Gasteiger charge is 2.13. The summed E-state index contributed by atoms with van der Waals surface area (Å²) in [6.07, 6.45) is 0. The minimum atomic E-state index is -0.624. The minimum Gasteiger partial charge on any atom is -0.383 e. The van der Waals surface area contributed by atoms with E-state index in [2.05, 4.69) is 22.3 Å². The van der Waals surface area contributed by atoms with Crippen molar-refractivity contribution in [3.8, 4) is 0 Å². The van der Waals surface area contributed by atoms with E-state index in [4.69, 9.17) is 15.2 Å². The number of halogens is 2. The van der Waals surface area contributed by atoms with E-state index in [-0.39, 0.29) is 37.3 Å². The van der Waals surface area contributed by atoms with Crippen molar-refractivity contribution in [1.82, 2.24) is 10.2 Å². The fraction of sp³-hybridized carbons (Fsp3) is 0.562. The summed E-state index contributed by atoms with van der Waals surface area (Å²) >= 11 is 0. The van der Waals surface area contributed by atoms with E-state index >= 15 is 0 Å². The lowest BCUT2D eigenvalue weighted by Crippen LogP contribution is -2.43. The van der Waals surface area contributed by atoms with Gasteiger partial charge in [0.05, 0.1) is 19.8 Å². The number of nitrogens with zero attached hydrogens (tertiary/aromatic N) is 1. The second kappa shape index (κ2) is 12.5. The summed E-state index contributed by atoms with van der Waals surface area (Å²) in [5.74, 6) is -0.194. The first-order valence-corrected chi connectivity index (χ1v) is 7.59. The summed E-state index contributed by atoms with van der Waals surface area (Å²) in [5.41, 5.74) is 8.01. The molecule has 1 unspecified atom stereocenters. The Hall–Kier alpha value is -0.890. The standard InChI is InChI=1S/C16H25N3O3.2ClH/c1-21-12-15(17)16(20)18-10-13-3-2-4-14(9-13)11-19-5-7-22-8-6-19;;/h2-4,9,15H,5-8,10-12,17H2,1H3,(H,18,20);2*1H. The van der Waals surface area contributed by atoms with Gasteiger partial charge >= 0.3 is 0 Å². The average Bonchev–Trinajstić information content (AvgIpc) is 2.54.